The Bertz CT molecular complexity index is 2170. The first-order valence-electron chi connectivity index (χ1n) is 13.2. The van der Waals surface area contributed by atoms with Crippen LogP contribution >= 0.6 is 0 Å². The van der Waals surface area contributed by atoms with E-state index in [2.05, 4.69) is 146 Å². The molecule has 0 fully saturated rings. The van der Waals surface area contributed by atoms with E-state index in [0.29, 0.717) is 0 Å². The summed E-state index contributed by atoms with van der Waals surface area (Å²) in [5, 5.41) is 12.8. The van der Waals surface area contributed by atoms with Crippen molar-refractivity contribution in [1.29, 1.82) is 0 Å². The van der Waals surface area contributed by atoms with Gasteiger partial charge in [0, 0.05) is 0 Å². The lowest BCUT2D eigenvalue weighted by Crippen LogP contribution is -1.87. The van der Waals surface area contributed by atoms with Crippen LogP contribution in [0.2, 0.25) is 0 Å². The molecule has 0 amide bonds. The lowest BCUT2D eigenvalue weighted by atomic mass is 9.89. The third-order valence-electron chi connectivity index (χ3n) is 8.04. The third-order valence-corrected chi connectivity index (χ3v) is 8.04. The highest BCUT2D eigenvalue weighted by atomic mass is 14.2. The van der Waals surface area contributed by atoms with Crippen LogP contribution in [-0.2, 0) is 0 Å². The standard InChI is InChI=1S/C38H24/c1-3-14-29-25(9-1)11-5-16-31(29)33-19-8-20-35-36(33)22-21-28-23-27-13-7-18-34(37(27)24-38(28)35)32-17-6-12-26-10-2-4-15-30(26)32/h1-24H. The van der Waals surface area contributed by atoms with Crippen molar-refractivity contribution in [3.05, 3.63) is 146 Å². The van der Waals surface area contributed by atoms with Gasteiger partial charge in [-0.05, 0) is 88.2 Å². The Morgan fingerprint density at radius 1 is 0.211 bits per heavy atom. The lowest BCUT2D eigenvalue weighted by Gasteiger charge is -2.14. The van der Waals surface area contributed by atoms with Gasteiger partial charge in [-0.3, -0.25) is 0 Å². The van der Waals surface area contributed by atoms with Gasteiger partial charge in [0.1, 0.15) is 0 Å². The fraction of sp³-hybridized carbons (Fsp3) is 0. The van der Waals surface area contributed by atoms with Crippen molar-refractivity contribution in [2.75, 3.05) is 0 Å². The number of benzene rings is 8. The third kappa shape index (κ3) is 3.17. The molecule has 176 valence electrons. The first kappa shape index (κ1) is 21.2. The van der Waals surface area contributed by atoms with Crippen molar-refractivity contribution in [2.45, 2.75) is 0 Å². The summed E-state index contributed by atoms with van der Waals surface area (Å²) in [4.78, 5) is 0. The van der Waals surface area contributed by atoms with E-state index in [1.165, 1.54) is 76.1 Å². The van der Waals surface area contributed by atoms with Crippen LogP contribution in [0.3, 0.4) is 0 Å². The minimum atomic E-state index is 1.27. The second-order valence-electron chi connectivity index (χ2n) is 10.1. The molecule has 0 unspecified atom stereocenters. The molecule has 0 atom stereocenters. The highest BCUT2D eigenvalue weighted by molar-refractivity contribution is 6.18. The summed E-state index contributed by atoms with van der Waals surface area (Å²) in [6.07, 6.45) is 0. The Balaban J connectivity index is 1.43. The van der Waals surface area contributed by atoms with Gasteiger partial charge < -0.3 is 0 Å². The highest BCUT2D eigenvalue weighted by Gasteiger charge is 2.12. The maximum Gasteiger partial charge on any atom is -0.00986 e. The van der Waals surface area contributed by atoms with E-state index in [4.69, 9.17) is 0 Å². The van der Waals surface area contributed by atoms with Gasteiger partial charge >= 0.3 is 0 Å². The van der Waals surface area contributed by atoms with Gasteiger partial charge in [-0.2, -0.15) is 0 Å². The summed E-state index contributed by atoms with van der Waals surface area (Å²) in [5.41, 5.74) is 5.13. The predicted octanol–water partition coefficient (Wildman–Crippen LogP) is 10.8. The molecule has 0 saturated carbocycles. The molecule has 0 bridgehead atoms. The molecule has 8 rings (SSSR count). The molecule has 8 aromatic carbocycles. The number of fused-ring (bicyclic) bond motifs is 6. The second kappa shape index (κ2) is 8.30. The molecule has 0 aromatic heterocycles. The lowest BCUT2D eigenvalue weighted by molar-refractivity contribution is 1.69. The smallest absolute Gasteiger partial charge is 0.00986 e. The van der Waals surface area contributed by atoms with Crippen molar-refractivity contribution in [2.24, 2.45) is 0 Å². The van der Waals surface area contributed by atoms with Gasteiger partial charge in [0.2, 0.25) is 0 Å². The molecule has 38 heavy (non-hydrogen) atoms. The molecular weight excluding hydrogens is 456 g/mol. The van der Waals surface area contributed by atoms with E-state index in [-0.39, 0.29) is 0 Å². The van der Waals surface area contributed by atoms with Crippen LogP contribution in [0.5, 0.6) is 0 Å². The zero-order valence-electron chi connectivity index (χ0n) is 20.9. The van der Waals surface area contributed by atoms with Crippen molar-refractivity contribution in [1.82, 2.24) is 0 Å². The van der Waals surface area contributed by atoms with Crippen LogP contribution in [0, 0.1) is 0 Å². The molecule has 0 radical (unpaired) electrons. The van der Waals surface area contributed by atoms with Crippen LogP contribution in [0.4, 0.5) is 0 Å². The Hall–Kier alpha value is -4.94. The van der Waals surface area contributed by atoms with Crippen LogP contribution in [-0.4, -0.2) is 0 Å². The largest absolute Gasteiger partial charge is 0.0616 e. The Kier molecular flexibility index (Phi) is 4.62. The van der Waals surface area contributed by atoms with Gasteiger partial charge in [-0.1, -0.05) is 133 Å². The second-order valence-corrected chi connectivity index (χ2v) is 10.1. The highest BCUT2D eigenvalue weighted by Crippen LogP contribution is 2.40. The topological polar surface area (TPSA) is 0 Å². The summed E-state index contributed by atoms with van der Waals surface area (Å²) in [7, 11) is 0. The summed E-state index contributed by atoms with van der Waals surface area (Å²) in [5.74, 6) is 0. The van der Waals surface area contributed by atoms with Crippen LogP contribution in [0.25, 0.3) is 76.1 Å². The minimum Gasteiger partial charge on any atom is -0.0616 e. The van der Waals surface area contributed by atoms with Crippen molar-refractivity contribution < 1.29 is 0 Å². The van der Waals surface area contributed by atoms with Crippen molar-refractivity contribution >= 4 is 53.9 Å². The van der Waals surface area contributed by atoms with E-state index in [9.17, 15) is 0 Å². The summed E-state index contributed by atoms with van der Waals surface area (Å²) >= 11 is 0. The predicted molar refractivity (Wildman–Crippen MR) is 165 cm³/mol. The first-order chi connectivity index (χ1) is 18.8. The van der Waals surface area contributed by atoms with Gasteiger partial charge in [-0.15, -0.1) is 0 Å². The van der Waals surface area contributed by atoms with Crippen LogP contribution < -0.4 is 0 Å². The van der Waals surface area contributed by atoms with Gasteiger partial charge in [0.15, 0.2) is 0 Å². The molecule has 0 nitrogen and oxygen atoms in total. The molecular formula is C38H24. The Morgan fingerprint density at radius 2 is 0.658 bits per heavy atom. The molecule has 0 aliphatic carbocycles. The molecule has 0 heterocycles. The molecule has 0 saturated heterocycles. The SMILES string of the molecule is c1ccc2c(-c3cccc4cc5ccc6c(-c7cccc8ccccc78)cccc6c5cc34)cccc2c1. The number of rotatable bonds is 2. The van der Waals surface area contributed by atoms with E-state index in [1.807, 2.05) is 0 Å². The molecule has 8 aromatic rings. The van der Waals surface area contributed by atoms with Crippen LogP contribution in [0.1, 0.15) is 0 Å². The molecule has 0 heteroatoms. The minimum absolute atomic E-state index is 1.27. The molecule has 0 N–H and O–H groups in total. The van der Waals surface area contributed by atoms with E-state index >= 15 is 0 Å². The van der Waals surface area contributed by atoms with Gasteiger partial charge in [0.05, 0.1) is 0 Å². The Morgan fingerprint density at radius 3 is 1.32 bits per heavy atom. The summed E-state index contributed by atoms with van der Waals surface area (Å²) < 4.78 is 0. The zero-order chi connectivity index (χ0) is 25.1. The van der Waals surface area contributed by atoms with Crippen LogP contribution in [0.15, 0.2) is 146 Å². The quantitative estimate of drug-likeness (QED) is 0.170. The Labute approximate surface area is 221 Å². The van der Waals surface area contributed by atoms with Crippen molar-refractivity contribution in [3.63, 3.8) is 0 Å². The normalized spacial score (nSPS) is 11.7. The molecule has 0 aliphatic heterocycles. The molecule has 0 aliphatic rings. The van der Waals surface area contributed by atoms with Crippen molar-refractivity contribution in [3.8, 4) is 22.3 Å². The average Bonchev–Trinajstić information content (AvgIpc) is 2.99. The average molecular weight is 481 g/mol. The maximum absolute atomic E-state index is 2.41. The summed E-state index contributed by atoms with van der Waals surface area (Å²) in [6.45, 7) is 0. The fourth-order valence-electron chi connectivity index (χ4n) is 6.26. The number of hydrogen-bond donors (Lipinski definition) is 0. The van der Waals surface area contributed by atoms with E-state index in [0.717, 1.165) is 0 Å². The van der Waals surface area contributed by atoms with Gasteiger partial charge in [-0.25, -0.2) is 0 Å². The monoisotopic (exact) mass is 480 g/mol. The van der Waals surface area contributed by atoms with E-state index < -0.39 is 0 Å². The maximum atomic E-state index is 2.41. The zero-order valence-corrected chi connectivity index (χ0v) is 20.9. The summed E-state index contributed by atoms with van der Waals surface area (Å²) in [6, 6.07) is 53.4. The van der Waals surface area contributed by atoms with E-state index in [1.54, 1.807) is 0 Å². The number of hydrogen-bond acceptors (Lipinski definition) is 0. The molecule has 0 spiro atoms. The first-order valence-corrected chi connectivity index (χ1v) is 13.2. The van der Waals surface area contributed by atoms with Gasteiger partial charge in [0.25, 0.3) is 0 Å². The fourth-order valence-corrected chi connectivity index (χ4v) is 6.26.